The smallest absolute Gasteiger partial charge is 0.444 e. The first kappa shape index (κ1) is 28.9. The monoisotopic (exact) mass is 495 g/mol. The van der Waals surface area contributed by atoms with Gasteiger partial charge < -0.3 is 23.4 Å². The Balaban J connectivity index is 2.27. The normalized spacial score (nSPS) is 18.3. The molecule has 10 heteroatoms. The number of ether oxygens (including phenoxy) is 1. The molecule has 0 aliphatic carbocycles. The lowest BCUT2D eigenvalue weighted by molar-refractivity contribution is 0.00578. The van der Waals surface area contributed by atoms with Crippen molar-refractivity contribution in [3.05, 3.63) is 11.9 Å². The van der Waals surface area contributed by atoms with Crippen LogP contribution in [0, 0.1) is 0 Å². The lowest BCUT2D eigenvalue weighted by Crippen LogP contribution is -2.45. The summed E-state index contributed by atoms with van der Waals surface area (Å²) in [7, 11) is -0.637. The molecule has 1 aromatic rings. The summed E-state index contributed by atoms with van der Waals surface area (Å²) in [6, 6.07) is 0. The fourth-order valence-corrected chi connectivity index (χ4v) is 4.24. The summed E-state index contributed by atoms with van der Waals surface area (Å²) < 4.78 is 26.4. The van der Waals surface area contributed by atoms with Gasteiger partial charge in [-0.25, -0.2) is 4.79 Å². The van der Waals surface area contributed by atoms with Crippen molar-refractivity contribution in [1.29, 1.82) is 0 Å². The van der Waals surface area contributed by atoms with E-state index in [9.17, 15) is 4.79 Å². The van der Waals surface area contributed by atoms with Crippen molar-refractivity contribution in [3.63, 3.8) is 0 Å². The van der Waals surface area contributed by atoms with Gasteiger partial charge in [0.15, 0.2) is 8.32 Å². The maximum absolute atomic E-state index is 13.2. The van der Waals surface area contributed by atoms with E-state index in [1.807, 2.05) is 55.5 Å². The Kier molecular flexibility index (Phi) is 8.15. The Labute approximate surface area is 207 Å². The van der Waals surface area contributed by atoms with E-state index in [4.69, 9.17) is 18.5 Å². The molecule has 0 radical (unpaired) electrons. The van der Waals surface area contributed by atoms with Gasteiger partial charge in [0.2, 0.25) is 0 Å². The summed E-state index contributed by atoms with van der Waals surface area (Å²) in [5, 5.41) is 4.54. The molecule has 1 aliphatic heterocycles. The van der Waals surface area contributed by atoms with Gasteiger partial charge in [0.25, 0.3) is 0 Å². The molecule has 1 aliphatic rings. The molecular formula is C24H46BN3O5Si. The predicted molar refractivity (Wildman–Crippen MR) is 139 cm³/mol. The number of rotatable bonds is 7. The van der Waals surface area contributed by atoms with Gasteiger partial charge in [0.05, 0.1) is 30.0 Å². The minimum Gasteiger partial charge on any atom is -0.444 e. The highest BCUT2D eigenvalue weighted by Crippen LogP contribution is 2.37. The van der Waals surface area contributed by atoms with Crippen LogP contribution in [0.25, 0.3) is 0 Å². The second kappa shape index (κ2) is 9.60. The summed E-state index contributed by atoms with van der Waals surface area (Å²) in [4.78, 5) is 14.8. The Morgan fingerprint density at radius 1 is 1.12 bits per heavy atom. The van der Waals surface area contributed by atoms with E-state index >= 15 is 0 Å². The minimum absolute atomic E-state index is 0.0930. The maximum atomic E-state index is 13.2. The number of aryl methyl sites for hydroxylation is 1. The summed E-state index contributed by atoms with van der Waals surface area (Å²) >= 11 is 0. The lowest BCUT2D eigenvalue weighted by atomic mass is 9.79. The second-order valence-electron chi connectivity index (χ2n) is 12.8. The van der Waals surface area contributed by atoms with Gasteiger partial charge in [-0.3, -0.25) is 4.68 Å². The van der Waals surface area contributed by atoms with E-state index in [2.05, 4.69) is 39.0 Å². The standard InChI is InChI=1S/C24H46BN3O5Si/c1-21(2,3)31-20(29)28(14-15-30-34(12,13)22(4,5)6)17-19-18(16-26-27(19)11)25-32-23(7,8)24(9,10)33-25/h16H,14-15,17H2,1-13H3. The number of carbonyl (C=O) groups is 1. The quantitative estimate of drug-likeness (QED) is 0.520. The van der Waals surface area contributed by atoms with Gasteiger partial charge in [0.1, 0.15) is 5.60 Å². The van der Waals surface area contributed by atoms with E-state index < -0.39 is 32.2 Å². The van der Waals surface area contributed by atoms with Crippen LogP contribution in [0.3, 0.4) is 0 Å². The van der Waals surface area contributed by atoms with Crippen LogP contribution in [-0.2, 0) is 32.1 Å². The van der Waals surface area contributed by atoms with E-state index in [1.165, 1.54) is 0 Å². The zero-order valence-corrected chi connectivity index (χ0v) is 24.7. The number of carbonyl (C=O) groups excluding carboxylic acids is 1. The van der Waals surface area contributed by atoms with E-state index in [-0.39, 0.29) is 11.1 Å². The molecule has 34 heavy (non-hydrogen) atoms. The van der Waals surface area contributed by atoms with Crippen molar-refractivity contribution >= 4 is 27.0 Å². The van der Waals surface area contributed by atoms with Crippen LogP contribution in [0.15, 0.2) is 6.20 Å². The zero-order valence-electron chi connectivity index (χ0n) is 23.7. The average Bonchev–Trinajstić information content (AvgIpc) is 3.07. The topological polar surface area (TPSA) is 75.0 Å². The molecule has 1 aromatic heterocycles. The summed E-state index contributed by atoms with van der Waals surface area (Å²) in [5.74, 6) is 0. The molecule has 0 N–H and O–H groups in total. The number of nitrogens with zero attached hydrogens (tertiary/aromatic N) is 3. The first-order valence-electron chi connectivity index (χ1n) is 12.2. The molecule has 1 amide bonds. The summed E-state index contributed by atoms with van der Waals surface area (Å²) in [6.45, 7) is 25.9. The first-order valence-corrected chi connectivity index (χ1v) is 15.1. The molecule has 194 valence electrons. The zero-order chi connectivity index (χ0) is 26.3. The van der Waals surface area contributed by atoms with E-state index in [0.717, 1.165) is 11.2 Å². The largest absolute Gasteiger partial charge is 0.498 e. The fraction of sp³-hybridized carbons (Fsp3) is 0.833. The van der Waals surface area contributed by atoms with Crippen molar-refractivity contribution in [2.45, 2.75) is 111 Å². The molecular weight excluding hydrogens is 449 g/mol. The van der Waals surface area contributed by atoms with Gasteiger partial charge in [-0.1, -0.05) is 20.8 Å². The fourth-order valence-electron chi connectivity index (χ4n) is 3.21. The Morgan fingerprint density at radius 2 is 1.65 bits per heavy atom. The third-order valence-electron chi connectivity index (χ3n) is 7.22. The number of hydrogen-bond acceptors (Lipinski definition) is 6. The van der Waals surface area contributed by atoms with Crippen molar-refractivity contribution in [2.24, 2.45) is 7.05 Å². The van der Waals surface area contributed by atoms with Gasteiger partial charge in [-0.15, -0.1) is 0 Å². The molecule has 0 atom stereocenters. The summed E-state index contributed by atoms with van der Waals surface area (Å²) in [6.07, 6.45) is 1.38. The predicted octanol–water partition coefficient (Wildman–Crippen LogP) is 4.48. The molecule has 2 rings (SSSR count). The minimum atomic E-state index is -1.94. The van der Waals surface area contributed by atoms with Crippen LogP contribution in [0.1, 0.15) is 74.9 Å². The van der Waals surface area contributed by atoms with Crippen molar-refractivity contribution in [3.8, 4) is 0 Å². The van der Waals surface area contributed by atoms with Crippen LogP contribution in [-0.4, -0.2) is 66.2 Å². The number of amides is 1. The maximum Gasteiger partial charge on any atom is 0.498 e. The van der Waals surface area contributed by atoms with Gasteiger partial charge in [-0.05, 0) is 66.6 Å². The van der Waals surface area contributed by atoms with Crippen molar-refractivity contribution < 1.29 is 23.3 Å². The SMILES string of the molecule is Cn1ncc(B2OC(C)(C)C(C)(C)O2)c1CN(CCO[Si](C)(C)C(C)(C)C)C(=O)OC(C)(C)C. The highest BCUT2D eigenvalue weighted by molar-refractivity contribution is 6.74. The third-order valence-corrected chi connectivity index (χ3v) is 11.8. The molecule has 2 heterocycles. The first-order chi connectivity index (χ1) is 15.2. The van der Waals surface area contributed by atoms with Gasteiger partial charge in [-0.2, -0.15) is 5.10 Å². The molecule has 0 spiro atoms. The van der Waals surface area contributed by atoms with Gasteiger partial charge >= 0.3 is 13.2 Å². The Hall–Kier alpha value is -1.36. The third kappa shape index (κ3) is 6.65. The molecule has 0 saturated carbocycles. The Bertz CT molecular complexity index is 855. The molecule has 1 saturated heterocycles. The van der Waals surface area contributed by atoms with E-state index in [0.29, 0.717) is 19.7 Å². The van der Waals surface area contributed by atoms with Crippen molar-refractivity contribution in [1.82, 2.24) is 14.7 Å². The van der Waals surface area contributed by atoms with Crippen LogP contribution in [0.4, 0.5) is 4.79 Å². The second-order valence-corrected chi connectivity index (χ2v) is 17.6. The van der Waals surface area contributed by atoms with E-state index in [1.54, 1.807) is 15.8 Å². The number of hydrogen-bond donors (Lipinski definition) is 0. The van der Waals surface area contributed by atoms with Gasteiger partial charge in [0, 0.05) is 25.3 Å². The molecule has 0 bridgehead atoms. The average molecular weight is 496 g/mol. The van der Waals surface area contributed by atoms with Crippen molar-refractivity contribution in [2.75, 3.05) is 13.2 Å². The Morgan fingerprint density at radius 3 is 2.12 bits per heavy atom. The molecule has 8 nitrogen and oxygen atoms in total. The highest BCUT2D eigenvalue weighted by Gasteiger charge is 2.53. The van der Waals surface area contributed by atoms with Crippen LogP contribution in [0.2, 0.25) is 18.1 Å². The van der Waals surface area contributed by atoms with Crippen LogP contribution in [0.5, 0.6) is 0 Å². The summed E-state index contributed by atoms with van der Waals surface area (Å²) in [5.41, 5.74) is 0.132. The molecule has 0 aromatic carbocycles. The highest BCUT2D eigenvalue weighted by atomic mass is 28.4. The molecule has 1 fully saturated rings. The van der Waals surface area contributed by atoms with Crippen LogP contribution >= 0.6 is 0 Å². The van der Waals surface area contributed by atoms with Crippen LogP contribution < -0.4 is 5.46 Å². The molecule has 0 unspecified atom stereocenters. The number of aromatic nitrogens is 2. The lowest BCUT2D eigenvalue weighted by Gasteiger charge is -2.37.